The van der Waals surface area contributed by atoms with E-state index in [1.54, 1.807) is 11.3 Å². The van der Waals surface area contributed by atoms with E-state index in [1.165, 1.54) is 4.88 Å². The molecule has 1 aromatic heterocycles. The average Bonchev–Trinajstić information content (AvgIpc) is 3.26. The van der Waals surface area contributed by atoms with Crippen LogP contribution in [0.4, 0.5) is 0 Å². The molecule has 4 rings (SSSR count). The molecule has 2 atom stereocenters. The summed E-state index contributed by atoms with van der Waals surface area (Å²) in [6.07, 6.45) is 0.975. The van der Waals surface area contributed by atoms with E-state index in [0.29, 0.717) is 32.1 Å². The molecule has 2 unspecified atom stereocenters. The number of benzene rings is 1. The molecule has 124 valence electrons. The van der Waals surface area contributed by atoms with Crippen LogP contribution < -0.4 is 0 Å². The van der Waals surface area contributed by atoms with Crippen LogP contribution in [0.25, 0.3) is 0 Å². The molecule has 2 fully saturated rings. The summed E-state index contributed by atoms with van der Waals surface area (Å²) in [5.41, 5.74) is 0.720. The zero-order valence-corrected chi connectivity index (χ0v) is 14.2. The number of carbonyl (C=O) groups is 2. The van der Waals surface area contributed by atoms with Crippen LogP contribution in [0, 0.1) is 5.92 Å². The van der Waals surface area contributed by atoms with Crippen molar-refractivity contribution in [3.63, 3.8) is 0 Å². The predicted molar refractivity (Wildman–Crippen MR) is 94.1 cm³/mol. The molecule has 0 radical (unpaired) electrons. The Bertz CT molecular complexity index is 721. The van der Waals surface area contributed by atoms with E-state index in [2.05, 4.69) is 11.4 Å². The summed E-state index contributed by atoms with van der Waals surface area (Å²) in [6.45, 7) is 2.53. The van der Waals surface area contributed by atoms with Crippen molar-refractivity contribution in [2.75, 3.05) is 26.2 Å². The molecule has 2 aliphatic rings. The second-order valence-corrected chi connectivity index (χ2v) is 7.43. The lowest BCUT2D eigenvalue weighted by molar-refractivity contribution is -0.134. The van der Waals surface area contributed by atoms with Gasteiger partial charge in [0.15, 0.2) is 0 Å². The van der Waals surface area contributed by atoms with Crippen molar-refractivity contribution < 1.29 is 9.59 Å². The van der Waals surface area contributed by atoms with Crippen molar-refractivity contribution >= 4 is 23.2 Å². The fourth-order valence-electron chi connectivity index (χ4n) is 3.41. The summed E-state index contributed by atoms with van der Waals surface area (Å²) in [6, 6.07) is 13.5. The summed E-state index contributed by atoms with van der Waals surface area (Å²) in [7, 11) is 0. The number of rotatable bonds is 3. The van der Waals surface area contributed by atoms with Crippen LogP contribution in [0.15, 0.2) is 47.8 Å². The molecule has 1 saturated heterocycles. The molecular formula is C19H20N2O2S. The second kappa shape index (κ2) is 6.40. The topological polar surface area (TPSA) is 40.6 Å². The van der Waals surface area contributed by atoms with Gasteiger partial charge in [-0.15, -0.1) is 11.3 Å². The first-order valence-electron chi connectivity index (χ1n) is 8.40. The maximum atomic E-state index is 12.6. The molecule has 0 spiro atoms. The Morgan fingerprint density at radius 3 is 2.29 bits per heavy atom. The summed E-state index contributed by atoms with van der Waals surface area (Å²) in [4.78, 5) is 30.2. The summed E-state index contributed by atoms with van der Waals surface area (Å²) in [5, 5.41) is 2.07. The van der Waals surface area contributed by atoms with Gasteiger partial charge >= 0.3 is 0 Å². The van der Waals surface area contributed by atoms with Crippen molar-refractivity contribution in [3.05, 3.63) is 58.3 Å². The van der Waals surface area contributed by atoms with E-state index >= 15 is 0 Å². The second-order valence-electron chi connectivity index (χ2n) is 6.45. The molecule has 1 saturated carbocycles. The van der Waals surface area contributed by atoms with E-state index in [-0.39, 0.29) is 17.7 Å². The van der Waals surface area contributed by atoms with Crippen molar-refractivity contribution in [3.8, 4) is 0 Å². The van der Waals surface area contributed by atoms with Crippen molar-refractivity contribution in [1.82, 2.24) is 9.80 Å². The molecule has 24 heavy (non-hydrogen) atoms. The Morgan fingerprint density at radius 2 is 1.62 bits per heavy atom. The predicted octanol–water partition coefficient (Wildman–Crippen LogP) is 2.84. The Balaban J connectivity index is 1.32. The van der Waals surface area contributed by atoms with Crippen LogP contribution in [0.1, 0.15) is 27.6 Å². The maximum Gasteiger partial charge on any atom is 0.253 e. The van der Waals surface area contributed by atoms with Crippen molar-refractivity contribution in [2.24, 2.45) is 5.92 Å². The molecule has 0 N–H and O–H groups in total. The van der Waals surface area contributed by atoms with Gasteiger partial charge < -0.3 is 9.80 Å². The van der Waals surface area contributed by atoms with Gasteiger partial charge in [0.25, 0.3) is 5.91 Å². The van der Waals surface area contributed by atoms with Gasteiger partial charge in [0.05, 0.1) is 0 Å². The lowest BCUT2D eigenvalue weighted by atomic mass is 10.1. The number of hydrogen-bond acceptors (Lipinski definition) is 3. The minimum atomic E-state index is 0.0607. The average molecular weight is 340 g/mol. The van der Waals surface area contributed by atoms with Gasteiger partial charge in [-0.2, -0.15) is 0 Å². The first-order valence-corrected chi connectivity index (χ1v) is 9.28. The molecular weight excluding hydrogens is 320 g/mol. The van der Waals surface area contributed by atoms with E-state index in [1.807, 2.05) is 46.2 Å². The standard InChI is InChI=1S/C19H20N2O2S/c22-18(14-5-2-1-3-6-14)20-8-10-21(11-9-20)19(23)16-13-15(16)17-7-4-12-24-17/h1-7,12,15-16H,8-11,13H2. The number of nitrogens with zero attached hydrogens (tertiary/aromatic N) is 2. The van der Waals surface area contributed by atoms with Crippen LogP contribution >= 0.6 is 11.3 Å². The fourth-order valence-corrected chi connectivity index (χ4v) is 4.32. The van der Waals surface area contributed by atoms with Crippen LogP contribution in [0.5, 0.6) is 0 Å². The quantitative estimate of drug-likeness (QED) is 0.862. The molecule has 1 aliphatic heterocycles. The van der Waals surface area contributed by atoms with Crippen LogP contribution in [-0.2, 0) is 4.79 Å². The summed E-state index contributed by atoms with van der Waals surface area (Å²) >= 11 is 1.74. The summed E-state index contributed by atoms with van der Waals surface area (Å²) in [5.74, 6) is 0.896. The highest BCUT2D eigenvalue weighted by Crippen LogP contribution is 2.50. The van der Waals surface area contributed by atoms with Gasteiger partial charge in [0.2, 0.25) is 5.91 Å². The Kier molecular flexibility index (Phi) is 4.10. The van der Waals surface area contributed by atoms with Crippen molar-refractivity contribution in [2.45, 2.75) is 12.3 Å². The molecule has 2 aromatic rings. The highest BCUT2D eigenvalue weighted by Gasteiger charge is 2.46. The van der Waals surface area contributed by atoms with E-state index in [0.717, 1.165) is 12.0 Å². The van der Waals surface area contributed by atoms with E-state index in [9.17, 15) is 9.59 Å². The highest BCUT2D eigenvalue weighted by molar-refractivity contribution is 7.10. The van der Waals surface area contributed by atoms with E-state index < -0.39 is 0 Å². The van der Waals surface area contributed by atoms with Crippen LogP contribution in [0.3, 0.4) is 0 Å². The minimum absolute atomic E-state index is 0.0607. The fraction of sp³-hybridized carbons (Fsp3) is 0.368. The van der Waals surface area contributed by atoms with Crippen LogP contribution in [0.2, 0.25) is 0 Å². The monoisotopic (exact) mass is 340 g/mol. The molecule has 4 nitrogen and oxygen atoms in total. The van der Waals surface area contributed by atoms with Crippen molar-refractivity contribution in [1.29, 1.82) is 0 Å². The third-order valence-electron chi connectivity index (χ3n) is 4.92. The molecule has 5 heteroatoms. The van der Waals surface area contributed by atoms with E-state index in [4.69, 9.17) is 0 Å². The lowest BCUT2D eigenvalue weighted by Crippen LogP contribution is -2.51. The van der Waals surface area contributed by atoms with Gasteiger partial charge in [-0.3, -0.25) is 9.59 Å². The Hall–Kier alpha value is -2.14. The lowest BCUT2D eigenvalue weighted by Gasteiger charge is -2.35. The van der Waals surface area contributed by atoms with Gasteiger partial charge in [0.1, 0.15) is 0 Å². The molecule has 1 aromatic carbocycles. The van der Waals surface area contributed by atoms with Gasteiger partial charge in [-0.05, 0) is 30.0 Å². The third kappa shape index (κ3) is 2.96. The molecule has 1 aliphatic carbocycles. The van der Waals surface area contributed by atoms with Crippen LogP contribution in [-0.4, -0.2) is 47.8 Å². The highest BCUT2D eigenvalue weighted by atomic mass is 32.1. The number of thiophene rings is 1. The normalized spacial score (nSPS) is 23.2. The van der Waals surface area contributed by atoms with Gasteiger partial charge in [-0.25, -0.2) is 0 Å². The number of carbonyl (C=O) groups excluding carboxylic acids is 2. The molecule has 2 heterocycles. The molecule has 2 amide bonds. The minimum Gasteiger partial charge on any atom is -0.339 e. The Labute approximate surface area is 145 Å². The first kappa shape index (κ1) is 15.4. The number of piperazine rings is 1. The number of hydrogen-bond donors (Lipinski definition) is 0. The zero-order valence-electron chi connectivity index (χ0n) is 13.4. The van der Waals surface area contributed by atoms with Gasteiger partial charge in [0, 0.05) is 48.5 Å². The maximum absolute atomic E-state index is 12.6. The van der Waals surface area contributed by atoms with Gasteiger partial charge in [-0.1, -0.05) is 24.3 Å². The first-order chi connectivity index (χ1) is 11.7. The Morgan fingerprint density at radius 1 is 0.917 bits per heavy atom. The SMILES string of the molecule is O=C(c1ccccc1)N1CCN(C(=O)C2CC2c2cccs2)CC1. The zero-order chi connectivity index (χ0) is 16.5. The molecule has 0 bridgehead atoms. The smallest absolute Gasteiger partial charge is 0.253 e. The number of amides is 2. The third-order valence-corrected chi connectivity index (χ3v) is 5.92. The summed E-state index contributed by atoms with van der Waals surface area (Å²) < 4.78 is 0. The largest absolute Gasteiger partial charge is 0.339 e.